The molecule has 0 saturated carbocycles. The van der Waals surface area contributed by atoms with Crippen molar-refractivity contribution in [2.75, 3.05) is 0 Å². The van der Waals surface area contributed by atoms with E-state index in [9.17, 15) is 0 Å². The fraction of sp³-hybridized carbons (Fsp3) is 0.167. The molecule has 0 amide bonds. The van der Waals surface area contributed by atoms with Gasteiger partial charge in [-0.1, -0.05) is 48.0 Å². The zero-order chi connectivity index (χ0) is 17.8. The number of rotatable bonds is 2. The molecule has 0 fully saturated rings. The van der Waals surface area contributed by atoms with Crippen molar-refractivity contribution in [2.45, 2.75) is 25.2 Å². The first-order chi connectivity index (χ1) is 12.6. The monoisotopic (exact) mass is 560 g/mol. The third-order valence-electron chi connectivity index (χ3n) is 5.84. The highest BCUT2D eigenvalue weighted by Crippen LogP contribution is 2.51. The molecule has 0 radical (unpaired) electrons. The van der Waals surface area contributed by atoms with Crippen molar-refractivity contribution in [3.63, 3.8) is 0 Å². The number of hydrogen-bond acceptors (Lipinski definition) is 0. The van der Waals surface area contributed by atoms with Crippen LogP contribution in [0.3, 0.4) is 0 Å². The molecule has 0 aliphatic heterocycles. The molecule has 0 N–H and O–H groups in total. The quantitative estimate of drug-likeness (QED) is 0.284. The molecule has 0 spiro atoms. The summed E-state index contributed by atoms with van der Waals surface area (Å²) in [6.45, 7) is 2.30. The zero-order valence-corrected chi connectivity index (χ0v) is 18.8. The summed E-state index contributed by atoms with van der Waals surface area (Å²) in [4.78, 5) is 0. The summed E-state index contributed by atoms with van der Waals surface area (Å²) in [5.74, 6) is 0.995. The van der Waals surface area contributed by atoms with Crippen LogP contribution in [0.4, 0.5) is 0 Å². The second-order valence-corrected chi connectivity index (χ2v) is 9.81. The van der Waals surface area contributed by atoms with Crippen LogP contribution in [0.2, 0.25) is 0 Å². The van der Waals surface area contributed by atoms with Gasteiger partial charge in [0, 0.05) is 19.0 Å². The minimum absolute atomic E-state index is 0.476. The van der Waals surface area contributed by atoms with E-state index in [0.29, 0.717) is 11.8 Å². The Kier molecular flexibility index (Phi) is 4.24. The maximum Gasteiger partial charge on any atom is 0.0133 e. The lowest BCUT2D eigenvalue weighted by molar-refractivity contribution is 0.652. The van der Waals surface area contributed by atoms with E-state index in [1.54, 1.807) is 0 Å². The van der Waals surface area contributed by atoms with Crippen LogP contribution < -0.4 is 0 Å². The van der Waals surface area contributed by atoms with Gasteiger partial charge in [-0.3, -0.25) is 0 Å². The van der Waals surface area contributed by atoms with Crippen molar-refractivity contribution < 1.29 is 0 Å². The smallest absolute Gasteiger partial charge is 0.0133 e. The van der Waals surface area contributed by atoms with E-state index in [1.165, 1.54) is 46.1 Å². The molecule has 1 unspecified atom stereocenters. The van der Waals surface area contributed by atoms with Gasteiger partial charge in [-0.2, -0.15) is 0 Å². The maximum atomic E-state index is 2.45. The van der Waals surface area contributed by atoms with Crippen LogP contribution in [-0.2, 0) is 0 Å². The molecule has 26 heavy (non-hydrogen) atoms. The highest BCUT2D eigenvalue weighted by Gasteiger charge is 2.33. The van der Waals surface area contributed by atoms with Gasteiger partial charge in [0.15, 0.2) is 0 Å². The normalized spacial score (nSPS) is 17.7. The van der Waals surface area contributed by atoms with E-state index >= 15 is 0 Å². The first-order valence-electron chi connectivity index (χ1n) is 8.98. The Morgan fingerprint density at radius 1 is 0.731 bits per heavy atom. The molecule has 0 heterocycles. The predicted molar refractivity (Wildman–Crippen MR) is 127 cm³/mol. The van der Waals surface area contributed by atoms with Gasteiger partial charge in [0.05, 0.1) is 0 Å². The van der Waals surface area contributed by atoms with Crippen molar-refractivity contribution in [1.29, 1.82) is 0 Å². The molecule has 2 aliphatic rings. The molecule has 0 aromatic heterocycles. The van der Waals surface area contributed by atoms with Crippen molar-refractivity contribution >= 4 is 51.3 Å². The minimum Gasteiger partial charge on any atom is -0.0652 e. The molecule has 2 aliphatic carbocycles. The predicted octanol–water partition coefficient (Wildman–Crippen LogP) is 7.60. The molecule has 3 aromatic carbocycles. The zero-order valence-electron chi connectivity index (χ0n) is 14.5. The van der Waals surface area contributed by atoms with Gasteiger partial charge in [0.2, 0.25) is 0 Å². The third-order valence-corrected chi connectivity index (χ3v) is 7.19. The maximum absolute atomic E-state index is 2.45. The largest absolute Gasteiger partial charge is 0.0652 e. The van der Waals surface area contributed by atoms with Crippen LogP contribution in [-0.4, -0.2) is 0 Å². The van der Waals surface area contributed by atoms with E-state index in [1.807, 2.05) is 0 Å². The number of hydrogen-bond donors (Lipinski definition) is 0. The van der Waals surface area contributed by atoms with Gasteiger partial charge in [0.25, 0.3) is 0 Å². The van der Waals surface area contributed by atoms with Gasteiger partial charge < -0.3 is 0 Å². The summed E-state index contributed by atoms with van der Waals surface area (Å²) in [6, 6.07) is 22.8. The van der Waals surface area contributed by atoms with Crippen molar-refractivity contribution in [2.24, 2.45) is 0 Å². The highest BCUT2D eigenvalue weighted by atomic mass is 127. The average Bonchev–Trinajstić information content (AvgIpc) is 3.10. The molecule has 1 atom stereocenters. The molecule has 2 heteroatoms. The van der Waals surface area contributed by atoms with Crippen molar-refractivity contribution in [1.82, 2.24) is 0 Å². The second-order valence-electron chi connectivity index (χ2n) is 7.32. The summed E-state index contributed by atoms with van der Waals surface area (Å²) < 4.78 is 2.65. The molecular weight excluding hydrogens is 542 g/mol. The Morgan fingerprint density at radius 2 is 1.35 bits per heavy atom. The van der Waals surface area contributed by atoms with Crippen LogP contribution in [0.1, 0.15) is 47.4 Å². The van der Waals surface area contributed by atoms with Crippen molar-refractivity contribution in [3.05, 3.63) is 95.6 Å². The van der Waals surface area contributed by atoms with Gasteiger partial charge in [-0.15, -0.1) is 0 Å². The van der Waals surface area contributed by atoms with Gasteiger partial charge in [-0.25, -0.2) is 0 Å². The van der Waals surface area contributed by atoms with Gasteiger partial charge in [-0.05, 0) is 116 Å². The molecule has 5 rings (SSSR count). The first-order valence-corrected chi connectivity index (χ1v) is 11.1. The summed E-state index contributed by atoms with van der Waals surface area (Å²) in [6.07, 6.45) is 3.53. The number of halogens is 2. The summed E-state index contributed by atoms with van der Waals surface area (Å²) in [5.41, 5.74) is 10.3. The summed E-state index contributed by atoms with van der Waals surface area (Å²) in [7, 11) is 0. The lowest BCUT2D eigenvalue weighted by atomic mass is 9.82. The van der Waals surface area contributed by atoms with E-state index in [4.69, 9.17) is 0 Å². The Labute approximate surface area is 182 Å². The van der Waals surface area contributed by atoms with Crippen LogP contribution >= 0.6 is 45.2 Å². The van der Waals surface area contributed by atoms with E-state index in [0.717, 1.165) is 6.42 Å². The number of allylic oxidation sites excluding steroid dienone is 1. The standard InChI is InChI=1S/C24H18I2/c1-14-10-15-4-2-3-5-18(15)21(14)13-24-22-11-16(25)6-8-19(22)20-9-7-17(26)12-23(20)24/h2-12,21,24H,13H2,1H3. The Morgan fingerprint density at radius 3 is 2.00 bits per heavy atom. The molecular formula is C24H18I2. The molecule has 0 saturated heterocycles. The highest BCUT2D eigenvalue weighted by molar-refractivity contribution is 14.1. The van der Waals surface area contributed by atoms with Crippen LogP contribution in [0.15, 0.2) is 66.2 Å². The number of fused-ring (bicyclic) bond motifs is 4. The van der Waals surface area contributed by atoms with Crippen molar-refractivity contribution in [3.8, 4) is 11.1 Å². The summed E-state index contributed by atoms with van der Waals surface area (Å²) >= 11 is 4.89. The SMILES string of the molecule is CC1=Cc2ccccc2C1CC1c2cc(I)ccc2-c2ccc(I)cc21. The van der Waals surface area contributed by atoms with Crippen LogP contribution in [0, 0.1) is 7.14 Å². The van der Waals surface area contributed by atoms with Gasteiger partial charge in [0.1, 0.15) is 0 Å². The average molecular weight is 560 g/mol. The van der Waals surface area contributed by atoms with Crippen LogP contribution in [0.25, 0.3) is 17.2 Å². The topological polar surface area (TPSA) is 0 Å². The van der Waals surface area contributed by atoms with Crippen LogP contribution in [0.5, 0.6) is 0 Å². The minimum atomic E-state index is 0.476. The molecule has 3 aromatic rings. The molecule has 128 valence electrons. The Hall–Kier alpha value is -1.14. The lowest BCUT2D eigenvalue weighted by Gasteiger charge is -2.21. The fourth-order valence-corrected chi connectivity index (χ4v) is 5.69. The second kappa shape index (κ2) is 6.48. The molecule has 0 nitrogen and oxygen atoms in total. The molecule has 0 bridgehead atoms. The Bertz CT molecular complexity index is 1010. The third kappa shape index (κ3) is 2.68. The first kappa shape index (κ1) is 17.0. The van der Waals surface area contributed by atoms with Gasteiger partial charge >= 0.3 is 0 Å². The van der Waals surface area contributed by atoms with E-state index in [-0.39, 0.29) is 0 Å². The van der Waals surface area contributed by atoms with E-state index < -0.39 is 0 Å². The number of benzene rings is 3. The lowest BCUT2D eigenvalue weighted by Crippen LogP contribution is -2.06. The summed E-state index contributed by atoms with van der Waals surface area (Å²) in [5, 5.41) is 0. The Balaban J connectivity index is 1.63. The van der Waals surface area contributed by atoms with E-state index in [2.05, 4.69) is 119 Å². The fourth-order valence-electron chi connectivity index (χ4n) is 4.66.